The highest BCUT2D eigenvalue weighted by Gasteiger charge is 2.35. The van der Waals surface area contributed by atoms with Crippen LogP contribution in [0.3, 0.4) is 0 Å². The first-order chi connectivity index (χ1) is 12.5. The number of nitrogens with one attached hydrogen (secondary N) is 1. The van der Waals surface area contributed by atoms with E-state index in [0.29, 0.717) is 18.1 Å². The summed E-state index contributed by atoms with van der Waals surface area (Å²) in [5.41, 5.74) is 3.98. The van der Waals surface area contributed by atoms with Crippen molar-refractivity contribution in [3.05, 3.63) is 64.2 Å². The number of rotatable bonds is 5. The first-order valence-electron chi connectivity index (χ1n) is 8.90. The van der Waals surface area contributed by atoms with Gasteiger partial charge >= 0.3 is 0 Å². The minimum atomic E-state index is -0.337. The molecule has 1 N–H and O–H groups in total. The maximum absolute atomic E-state index is 12.5. The molecule has 0 bridgehead atoms. The summed E-state index contributed by atoms with van der Waals surface area (Å²) < 4.78 is 0. The monoisotopic (exact) mass is 370 g/mol. The molecule has 0 unspecified atom stereocenters. The van der Waals surface area contributed by atoms with Crippen molar-refractivity contribution in [1.82, 2.24) is 5.32 Å². The Balaban J connectivity index is 1.62. The van der Waals surface area contributed by atoms with Crippen LogP contribution in [0, 0.1) is 12.8 Å². The summed E-state index contributed by atoms with van der Waals surface area (Å²) >= 11 is 6.16. The maximum Gasteiger partial charge on any atom is 0.227 e. The number of amides is 2. The number of nitrogens with zero attached hydrogens (tertiary/aromatic N) is 1. The molecule has 1 fully saturated rings. The Morgan fingerprint density at radius 2 is 1.88 bits per heavy atom. The fourth-order valence-corrected chi connectivity index (χ4v) is 3.40. The van der Waals surface area contributed by atoms with Crippen LogP contribution in [0.4, 0.5) is 5.69 Å². The molecule has 1 heterocycles. The van der Waals surface area contributed by atoms with E-state index in [1.54, 1.807) is 11.0 Å². The quantitative estimate of drug-likeness (QED) is 0.868. The maximum atomic E-state index is 12.5. The van der Waals surface area contributed by atoms with Gasteiger partial charge in [0.1, 0.15) is 0 Å². The first kappa shape index (κ1) is 18.5. The molecule has 0 aliphatic carbocycles. The zero-order valence-corrected chi connectivity index (χ0v) is 15.8. The lowest BCUT2D eigenvalue weighted by molar-refractivity contribution is -0.126. The number of benzene rings is 2. The van der Waals surface area contributed by atoms with E-state index < -0.39 is 0 Å². The minimum Gasteiger partial charge on any atom is -0.352 e. The van der Waals surface area contributed by atoms with E-state index >= 15 is 0 Å². The van der Waals surface area contributed by atoms with Gasteiger partial charge in [0.25, 0.3) is 0 Å². The van der Waals surface area contributed by atoms with Gasteiger partial charge in [0.15, 0.2) is 0 Å². The molecule has 0 aromatic heterocycles. The normalized spacial score (nSPS) is 16.8. The van der Waals surface area contributed by atoms with Gasteiger partial charge in [-0.1, -0.05) is 48.9 Å². The van der Waals surface area contributed by atoms with Crippen molar-refractivity contribution in [1.29, 1.82) is 0 Å². The fourth-order valence-electron chi connectivity index (χ4n) is 3.23. The lowest BCUT2D eigenvalue weighted by atomic mass is 10.1. The predicted octanol–water partition coefficient (Wildman–Crippen LogP) is 3.88. The average molecular weight is 371 g/mol. The Bertz CT molecular complexity index is 817. The van der Waals surface area contributed by atoms with Crippen LogP contribution in [-0.4, -0.2) is 18.4 Å². The van der Waals surface area contributed by atoms with E-state index in [2.05, 4.69) is 24.4 Å². The Hall–Kier alpha value is -2.33. The van der Waals surface area contributed by atoms with Crippen LogP contribution in [0.2, 0.25) is 5.02 Å². The molecule has 5 heteroatoms. The third-order valence-electron chi connectivity index (χ3n) is 4.92. The number of aryl methyl sites for hydroxylation is 1. The van der Waals surface area contributed by atoms with Gasteiger partial charge in [-0.15, -0.1) is 0 Å². The second-order valence-electron chi connectivity index (χ2n) is 6.68. The van der Waals surface area contributed by atoms with Crippen LogP contribution in [0.1, 0.15) is 30.0 Å². The molecule has 1 aliphatic heterocycles. The molecule has 4 nitrogen and oxygen atoms in total. The number of halogens is 1. The fraction of sp³-hybridized carbons (Fsp3) is 0.333. The van der Waals surface area contributed by atoms with Crippen LogP contribution in [0.25, 0.3) is 0 Å². The van der Waals surface area contributed by atoms with Crippen LogP contribution in [-0.2, 0) is 22.6 Å². The predicted molar refractivity (Wildman–Crippen MR) is 104 cm³/mol. The summed E-state index contributed by atoms with van der Waals surface area (Å²) in [5.74, 6) is -0.460. The third kappa shape index (κ3) is 3.91. The van der Waals surface area contributed by atoms with Gasteiger partial charge in [-0.25, -0.2) is 0 Å². The summed E-state index contributed by atoms with van der Waals surface area (Å²) in [4.78, 5) is 26.6. The molecular formula is C21H23ClN2O2. The summed E-state index contributed by atoms with van der Waals surface area (Å²) in [6, 6.07) is 13.7. The van der Waals surface area contributed by atoms with Crippen LogP contribution in [0.5, 0.6) is 0 Å². The van der Waals surface area contributed by atoms with E-state index in [9.17, 15) is 9.59 Å². The van der Waals surface area contributed by atoms with Crippen LogP contribution in [0.15, 0.2) is 42.5 Å². The second kappa shape index (κ2) is 7.92. The first-order valence-corrected chi connectivity index (χ1v) is 9.28. The van der Waals surface area contributed by atoms with Crippen molar-refractivity contribution >= 4 is 29.1 Å². The Morgan fingerprint density at radius 3 is 2.58 bits per heavy atom. The van der Waals surface area contributed by atoms with Crippen molar-refractivity contribution in [2.75, 3.05) is 11.4 Å². The zero-order valence-electron chi connectivity index (χ0n) is 15.1. The highest BCUT2D eigenvalue weighted by atomic mass is 35.5. The van der Waals surface area contributed by atoms with Crippen LogP contribution >= 0.6 is 11.6 Å². The molecule has 1 atom stereocenters. The van der Waals surface area contributed by atoms with Crippen molar-refractivity contribution in [3.63, 3.8) is 0 Å². The number of carbonyl (C=O) groups is 2. The van der Waals surface area contributed by atoms with Gasteiger partial charge in [0.05, 0.1) is 5.92 Å². The molecule has 0 saturated carbocycles. The van der Waals surface area contributed by atoms with Crippen molar-refractivity contribution in [2.45, 2.75) is 33.2 Å². The zero-order chi connectivity index (χ0) is 18.7. The molecule has 2 amide bonds. The highest BCUT2D eigenvalue weighted by molar-refractivity contribution is 6.31. The van der Waals surface area contributed by atoms with Gasteiger partial charge in [0, 0.05) is 30.2 Å². The minimum absolute atomic E-state index is 0.0391. The van der Waals surface area contributed by atoms with E-state index in [-0.39, 0.29) is 24.2 Å². The second-order valence-corrected chi connectivity index (χ2v) is 7.08. The molecular weight excluding hydrogens is 348 g/mol. The number of carbonyl (C=O) groups excluding carboxylic acids is 2. The third-order valence-corrected chi connectivity index (χ3v) is 5.33. The Morgan fingerprint density at radius 1 is 1.19 bits per heavy atom. The SMILES string of the molecule is CCc1ccc(CNC(=O)[C@@H]2CC(=O)N(c3cccc(Cl)c3C)C2)cc1. The summed E-state index contributed by atoms with van der Waals surface area (Å²) in [6.45, 7) is 4.86. The molecule has 2 aromatic carbocycles. The summed E-state index contributed by atoms with van der Waals surface area (Å²) in [5, 5.41) is 3.58. The van der Waals surface area contributed by atoms with Gasteiger partial charge in [0.2, 0.25) is 11.8 Å². The molecule has 1 aliphatic rings. The van der Waals surface area contributed by atoms with Crippen molar-refractivity contribution in [3.8, 4) is 0 Å². The lowest BCUT2D eigenvalue weighted by Gasteiger charge is -2.19. The molecule has 26 heavy (non-hydrogen) atoms. The van der Waals surface area contributed by atoms with Crippen molar-refractivity contribution < 1.29 is 9.59 Å². The average Bonchev–Trinajstić information content (AvgIpc) is 3.04. The smallest absolute Gasteiger partial charge is 0.227 e. The van der Waals surface area contributed by atoms with E-state index in [0.717, 1.165) is 23.2 Å². The molecule has 2 aromatic rings. The van der Waals surface area contributed by atoms with Crippen LogP contribution < -0.4 is 10.2 Å². The molecule has 0 spiro atoms. The van der Waals surface area contributed by atoms with Gasteiger partial charge in [-0.2, -0.15) is 0 Å². The Labute approximate surface area is 159 Å². The molecule has 0 radical (unpaired) electrons. The summed E-state index contributed by atoms with van der Waals surface area (Å²) in [6.07, 6.45) is 1.22. The highest BCUT2D eigenvalue weighted by Crippen LogP contribution is 2.31. The van der Waals surface area contributed by atoms with E-state index in [1.807, 2.05) is 31.2 Å². The number of anilines is 1. The van der Waals surface area contributed by atoms with E-state index in [4.69, 9.17) is 11.6 Å². The van der Waals surface area contributed by atoms with Gasteiger partial charge < -0.3 is 10.2 Å². The standard InChI is InChI=1S/C21H23ClN2O2/c1-3-15-7-9-16(10-8-15)12-23-21(26)17-11-20(25)24(13-17)19-6-4-5-18(22)14(19)2/h4-10,17H,3,11-13H2,1-2H3,(H,23,26)/t17-/m1/s1. The van der Waals surface area contributed by atoms with Gasteiger partial charge in [-0.3, -0.25) is 9.59 Å². The largest absolute Gasteiger partial charge is 0.352 e. The molecule has 3 rings (SSSR count). The van der Waals surface area contributed by atoms with Gasteiger partial charge in [-0.05, 0) is 42.2 Å². The number of hydrogen-bond acceptors (Lipinski definition) is 2. The van der Waals surface area contributed by atoms with E-state index in [1.165, 1.54) is 5.56 Å². The lowest BCUT2D eigenvalue weighted by Crippen LogP contribution is -2.32. The summed E-state index contributed by atoms with van der Waals surface area (Å²) in [7, 11) is 0. The molecule has 1 saturated heterocycles. The van der Waals surface area contributed by atoms with Crippen molar-refractivity contribution in [2.24, 2.45) is 5.92 Å². The topological polar surface area (TPSA) is 49.4 Å². The Kier molecular flexibility index (Phi) is 5.62. The number of hydrogen-bond donors (Lipinski definition) is 1. The molecule has 136 valence electrons.